The summed E-state index contributed by atoms with van der Waals surface area (Å²) in [6.45, 7) is 8.53. The van der Waals surface area contributed by atoms with Gasteiger partial charge >= 0.3 is 0 Å². The van der Waals surface area contributed by atoms with Gasteiger partial charge in [0.15, 0.2) is 0 Å². The number of nitrogens with zero attached hydrogens (tertiary/aromatic N) is 2. The molecular weight excluding hydrogens is 450 g/mol. The van der Waals surface area contributed by atoms with Crippen molar-refractivity contribution in [2.75, 3.05) is 36.9 Å². The van der Waals surface area contributed by atoms with E-state index in [0.717, 1.165) is 51.6 Å². The summed E-state index contributed by atoms with van der Waals surface area (Å²) in [5.41, 5.74) is 17.2. The number of nitrogens with two attached hydrogens (primary N) is 2. The van der Waals surface area contributed by atoms with Crippen molar-refractivity contribution in [1.82, 2.24) is 10.3 Å². The molecule has 0 spiro atoms. The molecule has 0 saturated carbocycles. The molecule has 34 heavy (non-hydrogen) atoms. The first-order chi connectivity index (χ1) is 16.3. The van der Waals surface area contributed by atoms with Crippen LogP contribution in [0.25, 0.3) is 10.2 Å². The monoisotopic (exact) mass is 481 g/mol. The number of anilines is 2. The number of thiophene rings is 1. The third-order valence-corrected chi connectivity index (χ3v) is 7.68. The summed E-state index contributed by atoms with van der Waals surface area (Å²) in [5, 5.41) is 3.97. The third kappa shape index (κ3) is 4.19. The summed E-state index contributed by atoms with van der Waals surface area (Å²) in [6.07, 6.45) is 0.745. The van der Waals surface area contributed by atoms with E-state index in [-0.39, 0.29) is 24.1 Å². The molecule has 0 unspecified atom stereocenters. The van der Waals surface area contributed by atoms with Crippen molar-refractivity contribution in [3.05, 3.63) is 46.0 Å². The van der Waals surface area contributed by atoms with Crippen molar-refractivity contribution >= 4 is 38.8 Å². The minimum Gasteiger partial charge on any atom is -0.491 e. The molecule has 0 bridgehead atoms. The molecule has 2 aromatic heterocycles. The van der Waals surface area contributed by atoms with Crippen LogP contribution in [0.15, 0.2) is 24.3 Å². The zero-order valence-corrected chi connectivity index (χ0v) is 20.6. The first-order valence-corrected chi connectivity index (χ1v) is 12.5. The first-order valence-electron chi connectivity index (χ1n) is 11.7. The smallest absolute Gasteiger partial charge is 0.263 e. The molecule has 2 aliphatic rings. The van der Waals surface area contributed by atoms with E-state index in [0.29, 0.717) is 30.2 Å². The zero-order chi connectivity index (χ0) is 24.0. The maximum atomic E-state index is 13.1. The summed E-state index contributed by atoms with van der Waals surface area (Å²) >= 11 is 1.34. The Kier molecular flexibility index (Phi) is 6.09. The Hall–Kier alpha value is -2.88. The van der Waals surface area contributed by atoms with Crippen LogP contribution in [0.2, 0.25) is 0 Å². The number of nitrogen functional groups attached to an aromatic ring is 1. The van der Waals surface area contributed by atoms with Gasteiger partial charge in [0.2, 0.25) is 0 Å². The summed E-state index contributed by atoms with van der Waals surface area (Å²) in [7, 11) is 0. The van der Waals surface area contributed by atoms with Crippen LogP contribution in [0, 0.1) is 13.8 Å². The van der Waals surface area contributed by atoms with E-state index in [2.05, 4.69) is 33.4 Å². The Morgan fingerprint density at radius 3 is 2.94 bits per heavy atom. The molecule has 0 aliphatic carbocycles. The molecule has 3 atom stereocenters. The standard InChI is InChI=1S/C25H31N5O3S/c1-4-32-20-11-30(10-18(20)26)17-6-5-15-8-16(12-33-19(15)9-17)29-24(31)23-22(27)21-13(2)7-14(3)28-25(21)34-23/h5-7,9,16,18,20H,4,8,10-12,26-27H2,1-3H3,(H,29,31)/t16-,18-,20+/m0/s1. The Bertz CT molecular complexity index is 1240. The van der Waals surface area contributed by atoms with Gasteiger partial charge in [-0.3, -0.25) is 4.79 Å². The van der Waals surface area contributed by atoms with Crippen LogP contribution in [0.3, 0.4) is 0 Å². The first kappa shape index (κ1) is 22.9. The number of hydrogen-bond acceptors (Lipinski definition) is 8. The van der Waals surface area contributed by atoms with Gasteiger partial charge in [0, 0.05) is 42.5 Å². The molecule has 1 aromatic carbocycles. The van der Waals surface area contributed by atoms with E-state index < -0.39 is 0 Å². The van der Waals surface area contributed by atoms with Crippen molar-refractivity contribution in [3.63, 3.8) is 0 Å². The van der Waals surface area contributed by atoms with Crippen LogP contribution in [0.4, 0.5) is 11.4 Å². The number of hydrogen-bond donors (Lipinski definition) is 3. The molecule has 1 amide bonds. The number of nitrogens with one attached hydrogen (secondary N) is 1. The number of aryl methyl sites for hydroxylation is 2. The van der Waals surface area contributed by atoms with Crippen LogP contribution in [0.1, 0.15) is 33.4 Å². The van der Waals surface area contributed by atoms with Gasteiger partial charge in [0.1, 0.15) is 22.1 Å². The molecule has 1 fully saturated rings. The fourth-order valence-corrected chi connectivity index (χ4v) is 6.06. The van der Waals surface area contributed by atoms with Crippen LogP contribution in [0.5, 0.6) is 5.75 Å². The van der Waals surface area contributed by atoms with E-state index in [1.807, 2.05) is 26.8 Å². The van der Waals surface area contributed by atoms with Crippen LogP contribution in [-0.4, -0.2) is 55.4 Å². The number of pyridine rings is 1. The molecule has 1 saturated heterocycles. The normalized spacial score (nSPS) is 22.0. The van der Waals surface area contributed by atoms with E-state index in [4.69, 9.17) is 20.9 Å². The van der Waals surface area contributed by atoms with E-state index in [9.17, 15) is 4.79 Å². The zero-order valence-electron chi connectivity index (χ0n) is 19.8. The van der Waals surface area contributed by atoms with Crippen molar-refractivity contribution in [3.8, 4) is 5.75 Å². The Morgan fingerprint density at radius 2 is 2.15 bits per heavy atom. The maximum absolute atomic E-state index is 13.1. The topological polar surface area (TPSA) is 116 Å². The lowest BCUT2D eigenvalue weighted by Crippen LogP contribution is -2.42. The second-order valence-electron chi connectivity index (χ2n) is 9.15. The highest BCUT2D eigenvalue weighted by molar-refractivity contribution is 7.21. The summed E-state index contributed by atoms with van der Waals surface area (Å²) in [4.78, 5) is 21.2. The summed E-state index contributed by atoms with van der Waals surface area (Å²) < 4.78 is 11.8. The van der Waals surface area contributed by atoms with Gasteiger partial charge in [-0.15, -0.1) is 11.3 Å². The van der Waals surface area contributed by atoms with Gasteiger partial charge in [-0.05, 0) is 50.5 Å². The van der Waals surface area contributed by atoms with E-state index in [1.165, 1.54) is 11.3 Å². The lowest BCUT2D eigenvalue weighted by atomic mass is 10.0. The SMILES string of the molecule is CCO[C@@H]1CN(c2ccc3c(c2)OC[C@@H](NC(=O)c2sc4nc(C)cc(C)c4c2N)C3)C[C@@H]1N. The van der Waals surface area contributed by atoms with Gasteiger partial charge in [-0.25, -0.2) is 4.98 Å². The van der Waals surface area contributed by atoms with Crippen LogP contribution < -0.4 is 26.4 Å². The average Bonchev–Trinajstić information content (AvgIpc) is 3.33. The number of carbonyl (C=O) groups is 1. The van der Waals surface area contributed by atoms with Crippen LogP contribution in [-0.2, 0) is 11.2 Å². The summed E-state index contributed by atoms with van der Waals surface area (Å²) in [6, 6.07) is 8.09. The van der Waals surface area contributed by atoms with E-state index >= 15 is 0 Å². The molecule has 0 radical (unpaired) electrons. The van der Waals surface area contributed by atoms with Gasteiger partial charge in [0.05, 0.1) is 23.9 Å². The average molecular weight is 482 g/mol. The summed E-state index contributed by atoms with van der Waals surface area (Å²) in [5.74, 6) is 0.673. The van der Waals surface area contributed by atoms with Gasteiger partial charge in [0.25, 0.3) is 5.91 Å². The molecule has 180 valence electrons. The molecule has 5 N–H and O–H groups in total. The lowest BCUT2D eigenvalue weighted by molar-refractivity contribution is 0.0680. The maximum Gasteiger partial charge on any atom is 0.263 e. The quantitative estimate of drug-likeness (QED) is 0.513. The second kappa shape index (κ2) is 9.05. The molecule has 2 aliphatic heterocycles. The third-order valence-electron chi connectivity index (χ3n) is 6.58. The van der Waals surface area contributed by atoms with Crippen molar-refractivity contribution < 1.29 is 14.3 Å². The number of rotatable bonds is 5. The van der Waals surface area contributed by atoms with Gasteiger partial charge < -0.3 is 31.2 Å². The molecular formula is C25H31N5O3S. The van der Waals surface area contributed by atoms with E-state index in [1.54, 1.807) is 0 Å². The molecule has 5 rings (SSSR count). The minimum absolute atomic E-state index is 0.000678. The largest absolute Gasteiger partial charge is 0.491 e. The number of benzene rings is 1. The Labute approximate surface area is 203 Å². The highest BCUT2D eigenvalue weighted by Gasteiger charge is 2.32. The predicted octanol–water partition coefficient (Wildman–Crippen LogP) is 2.78. The fourth-order valence-electron chi connectivity index (χ4n) is 4.94. The highest BCUT2D eigenvalue weighted by Crippen LogP contribution is 2.36. The molecule has 4 heterocycles. The number of aromatic nitrogens is 1. The molecule has 3 aromatic rings. The number of ether oxygens (including phenoxy) is 2. The van der Waals surface area contributed by atoms with Gasteiger partial charge in [-0.2, -0.15) is 0 Å². The molecule has 9 heteroatoms. The number of fused-ring (bicyclic) bond motifs is 2. The highest BCUT2D eigenvalue weighted by atomic mass is 32.1. The Morgan fingerprint density at radius 1 is 1.32 bits per heavy atom. The van der Waals surface area contributed by atoms with Crippen molar-refractivity contribution in [1.29, 1.82) is 0 Å². The minimum atomic E-state index is -0.181. The number of carbonyl (C=O) groups excluding carboxylic acids is 1. The van der Waals surface area contributed by atoms with Crippen molar-refractivity contribution in [2.45, 2.75) is 45.4 Å². The number of amides is 1. The van der Waals surface area contributed by atoms with Crippen LogP contribution >= 0.6 is 11.3 Å². The molecule has 8 nitrogen and oxygen atoms in total. The Balaban J connectivity index is 1.28. The van der Waals surface area contributed by atoms with Gasteiger partial charge in [-0.1, -0.05) is 6.07 Å². The lowest BCUT2D eigenvalue weighted by Gasteiger charge is -2.28. The second-order valence-corrected chi connectivity index (χ2v) is 10.1. The fraction of sp³-hybridized carbons (Fsp3) is 0.440. The van der Waals surface area contributed by atoms with Crippen molar-refractivity contribution in [2.24, 2.45) is 5.73 Å². The predicted molar refractivity (Wildman–Crippen MR) is 136 cm³/mol.